The zero-order valence-corrected chi connectivity index (χ0v) is 15.2. The van der Waals surface area contributed by atoms with E-state index in [1.54, 1.807) is 0 Å². The topological polar surface area (TPSA) is 42.0 Å². The lowest BCUT2D eigenvalue weighted by Crippen LogP contribution is -2.37. The van der Waals surface area contributed by atoms with Gasteiger partial charge in [0.15, 0.2) is 0 Å². The molecule has 0 bridgehead atoms. The van der Waals surface area contributed by atoms with Crippen LogP contribution in [0.4, 0.5) is 4.79 Å². The van der Waals surface area contributed by atoms with E-state index in [0.29, 0.717) is 19.1 Å². The molecule has 5 heteroatoms. The molecule has 0 radical (unpaired) electrons. The van der Waals surface area contributed by atoms with Gasteiger partial charge in [-0.05, 0) is 31.4 Å². The van der Waals surface area contributed by atoms with Gasteiger partial charge in [-0.3, -0.25) is 4.90 Å². The molecule has 0 aromatic heterocycles. The van der Waals surface area contributed by atoms with Crippen LogP contribution in [0.3, 0.4) is 0 Å². The van der Waals surface area contributed by atoms with E-state index < -0.39 is 0 Å². The van der Waals surface area contributed by atoms with Gasteiger partial charge in [0.05, 0.1) is 6.61 Å². The summed E-state index contributed by atoms with van der Waals surface area (Å²) in [5.74, 6) is 1.28. The Labute approximate surface area is 145 Å². The van der Waals surface area contributed by atoms with Gasteiger partial charge in [0.2, 0.25) is 0 Å². The van der Waals surface area contributed by atoms with Crippen LogP contribution < -0.4 is 4.74 Å². The first-order valence-corrected chi connectivity index (χ1v) is 8.88. The van der Waals surface area contributed by atoms with Crippen molar-refractivity contribution in [2.45, 2.75) is 27.2 Å². The number of carbonyl (C=O) groups excluding carboxylic acids is 1. The number of hydrogen-bond acceptors (Lipinski definition) is 4. The van der Waals surface area contributed by atoms with Gasteiger partial charge in [-0.15, -0.1) is 0 Å². The number of nitrogens with zero attached hydrogens (tertiary/aromatic N) is 2. The summed E-state index contributed by atoms with van der Waals surface area (Å²) >= 11 is 0. The van der Waals surface area contributed by atoms with Gasteiger partial charge in [0.1, 0.15) is 12.4 Å². The second kappa shape index (κ2) is 9.52. The van der Waals surface area contributed by atoms with Crippen molar-refractivity contribution in [1.29, 1.82) is 0 Å². The van der Waals surface area contributed by atoms with Crippen molar-refractivity contribution < 1.29 is 14.3 Å². The SMILES string of the molecule is Cc1ccc(OCCN2CCCN(C(=O)OCC(C)C)CC2)cc1. The number of carbonyl (C=O) groups is 1. The Bertz CT molecular complexity index is 502. The first-order chi connectivity index (χ1) is 11.5. The summed E-state index contributed by atoms with van der Waals surface area (Å²) in [6.07, 6.45) is 0.794. The van der Waals surface area contributed by atoms with Crippen molar-refractivity contribution in [2.24, 2.45) is 5.92 Å². The molecule has 134 valence electrons. The zero-order chi connectivity index (χ0) is 17.4. The fourth-order valence-electron chi connectivity index (χ4n) is 2.63. The molecule has 0 unspecified atom stereocenters. The van der Waals surface area contributed by atoms with E-state index in [4.69, 9.17) is 9.47 Å². The Morgan fingerprint density at radius 2 is 1.88 bits per heavy atom. The highest BCUT2D eigenvalue weighted by atomic mass is 16.6. The van der Waals surface area contributed by atoms with Crippen LogP contribution in [-0.2, 0) is 4.74 Å². The van der Waals surface area contributed by atoms with Crippen molar-refractivity contribution in [3.05, 3.63) is 29.8 Å². The lowest BCUT2D eigenvalue weighted by Gasteiger charge is -2.22. The molecule has 1 aromatic carbocycles. The summed E-state index contributed by atoms with van der Waals surface area (Å²) in [5.41, 5.74) is 1.24. The fraction of sp³-hybridized carbons (Fsp3) is 0.632. The number of hydrogen-bond donors (Lipinski definition) is 0. The lowest BCUT2D eigenvalue weighted by atomic mass is 10.2. The first-order valence-electron chi connectivity index (χ1n) is 8.88. The van der Waals surface area contributed by atoms with Crippen LogP contribution in [-0.4, -0.2) is 61.8 Å². The van der Waals surface area contributed by atoms with Gasteiger partial charge in [0.25, 0.3) is 0 Å². The average Bonchev–Trinajstić information content (AvgIpc) is 2.80. The van der Waals surface area contributed by atoms with E-state index >= 15 is 0 Å². The molecule has 2 rings (SSSR count). The summed E-state index contributed by atoms with van der Waals surface area (Å²) in [6, 6.07) is 8.12. The third-order valence-electron chi connectivity index (χ3n) is 4.08. The molecule has 0 atom stereocenters. The average molecular weight is 334 g/mol. The molecule has 5 nitrogen and oxygen atoms in total. The summed E-state index contributed by atoms with van der Waals surface area (Å²) in [7, 11) is 0. The van der Waals surface area contributed by atoms with Gasteiger partial charge in [0, 0.05) is 32.7 Å². The predicted octanol–water partition coefficient (Wildman–Crippen LogP) is 3.17. The minimum absolute atomic E-state index is 0.179. The van der Waals surface area contributed by atoms with Crippen LogP contribution in [0, 0.1) is 12.8 Å². The van der Waals surface area contributed by atoms with Crippen molar-refractivity contribution in [3.8, 4) is 5.75 Å². The highest BCUT2D eigenvalue weighted by Gasteiger charge is 2.20. The maximum atomic E-state index is 12.0. The highest BCUT2D eigenvalue weighted by molar-refractivity contribution is 5.67. The Morgan fingerprint density at radius 1 is 1.12 bits per heavy atom. The maximum Gasteiger partial charge on any atom is 0.409 e. The second-order valence-corrected chi connectivity index (χ2v) is 6.81. The Kier molecular flexibility index (Phi) is 7.37. The monoisotopic (exact) mass is 334 g/mol. The number of rotatable bonds is 6. The molecule has 0 N–H and O–H groups in total. The minimum atomic E-state index is -0.179. The smallest absolute Gasteiger partial charge is 0.409 e. The number of amides is 1. The quantitative estimate of drug-likeness (QED) is 0.801. The molecule has 0 aliphatic carbocycles. The standard InChI is InChI=1S/C19H30N2O3/c1-16(2)15-24-19(22)21-10-4-9-20(11-12-21)13-14-23-18-7-5-17(3)6-8-18/h5-8,16H,4,9-15H2,1-3H3. The Morgan fingerprint density at radius 3 is 2.58 bits per heavy atom. The van der Waals surface area contributed by atoms with Gasteiger partial charge >= 0.3 is 6.09 Å². The largest absolute Gasteiger partial charge is 0.492 e. The molecule has 1 saturated heterocycles. The van der Waals surface area contributed by atoms with Crippen LogP contribution in [0.2, 0.25) is 0 Å². The van der Waals surface area contributed by atoms with Crippen molar-refractivity contribution >= 4 is 6.09 Å². The number of ether oxygens (including phenoxy) is 2. The Hall–Kier alpha value is -1.75. The third kappa shape index (κ3) is 6.40. The zero-order valence-electron chi connectivity index (χ0n) is 15.2. The molecule has 1 heterocycles. The van der Waals surface area contributed by atoms with Crippen LogP contribution in [0.5, 0.6) is 5.75 Å². The summed E-state index contributed by atoms with van der Waals surface area (Å²) in [6.45, 7) is 11.6. The van der Waals surface area contributed by atoms with E-state index in [2.05, 4.69) is 24.0 Å². The van der Waals surface area contributed by atoms with Crippen molar-refractivity contribution in [2.75, 3.05) is 45.9 Å². The predicted molar refractivity (Wildman–Crippen MR) is 95.5 cm³/mol. The summed E-state index contributed by atoms with van der Waals surface area (Å²) < 4.78 is 11.1. The van der Waals surface area contributed by atoms with Gasteiger partial charge < -0.3 is 14.4 Å². The van der Waals surface area contributed by atoms with Crippen molar-refractivity contribution in [1.82, 2.24) is 9.80 Å². The van der Waals surface area contributed by atoms with Crippen LogP contribution >= 0.6 is 0 Å². The number of benzene rings is 1. The van der Waals surface area contributed by atoms with Crippen molar-refractivity contribution in [3.63, 3.8) is 0 Å². The molecule has 1 aromatic rings. The molecule has 24 heavy (non-hydrogen) atoms. The van der Waals surface area contributed by atoms with E-state index in [-0.39, 0.29) is 6.09 Å². The molecule has 1 aliphatic heterocycles. The van der Waals surface area contributed by atoms with Crippen LogP contribution in [0.15, 0.2) is 24.3 Å². The van der Waals surface area contributed by atoms with Gasteiger partial charge in [-0.1, -0.05) is 31.5 Å². The third-order valence-corrected chi connectivity index (χ3v) is 4.08. The van der Waals surface area contributed by atoms with E-state index in [0.717, 1.165) is 44.9 Å². The van der Waals surface area contributed by atoms with Crippen LogP contribution in [0.1, 0.15) is 25.8 Å². The summed E-state index contributed by atoms with van der Waals surface area (Å²) in [5, 5.41) is 0. The molecule has 1 amide bonds. The van der Waals surface area contributed by atoms with E-state index in [9.17, 15) is 4.79 Å². The summed E-state index contributed by atoms with van der Waals surface area (Å²) in [4.78, 5) is 16.2. The van der Waals surface area contributed by atoms with E-state index in [1.165, 1.54) is 5.56 Å². The molecule has 0 spiro atoms. The minimum Gasteiger partial charge on any atom is -0.492 e. The van der Waals surface area contributed by atoms with Gasteiger partial charge in [-0.25, -0.2) is 4.79 Å². The second-order valence-electron chi connectivity index (χ2n) is 6.81. The molecule has 0 saturated carbocycles. The molecule has 1 fully saturated rings. The number of aryl methyl sites for hydroxylation is 1. The van der Waals surface area contributed by atoms with Crippen LogP contribution in [0.25, 0.3) is 0 Å². The molecule has 1 aliphatic rings. The molecular weight excluding hydrogens is 304 g/mol. The highest BCUT2D eigenvalue weighted by Crippen LogP contribution is 2.12. The van der Waals surface area contributed by atoms with E-state index in [1.807, 2.05) is 30.9 Å². The normalized spacial score (nSPS) is 16.1. The van der Waals surface area contributed by atoms with Gasteiger partial charge in [-0.2, -0.15) is 0 Å². The Balaban J connectivity index is 1.69. The fourth-order valence-corrected chi connectivity index (χ4v) is 2.63. The lowest BCUT2D eigenvalue weighted by molar-refractivity contribution is 0.0929. The first kappa shape index (κ1) is 18.6. The maximum absolute atomic E-state index is 12.0. The molecular formula is C19H30N2O3.